The minimum Gasteiger partial charge on any atom is -0.507 e. The second kappa shape index (κ2) is 7.85. The number of phenolic OH excluding ortho intramolecular Hbond substituents is 1. The first-order valence-electron chi connectivity index (χ1n) is 11.1. The molecule has 0 spiro atoms. The van der Waals surface area contributed by atoms with Crippen molar-refractivity contribution in [2.24, 2.45) is 5.92 Å². The number of phenols is 1. The van der Waals surface area contributed by atoms with Crippen LogP contribution in [0.5, 0.6) is 11.5 Å². The number of unbranched alkanes of at least 4 members (excludes halogenated alkanes) is 2. The molecule has 0 saturated carbocycles. The van der Waals surface area contributed by atoms with Crippen LogP contribution in [0.4, 0.5) is 0 Å². The molecule has 1 N–H and O–H groups in total. The van der Waals surface area contributed by atoms with Gasteiger partial charge in [0.2, 0.25) is 0 Å². The van der Waals surface area contributed by atoms with Crippen molar-refractivity contribution in [2.75, 3.05) is 0 Å². The molecule has 1 aliphatic carbocycles. The minimum atomic E-state index is -0.238. The van der Waals surface area contributed by atoms with Gasteiger partial charge >= 0.3 is 0 Å². The molecule has 2 atom stereocenters. The SMILES string of the molecule is CCCCCc1cc2c(c(O)c1-c1cccnc1)C1C=C(C)CC[C@H]1C(C)(C)O2. The van der Waals surface area contributed by atoms with Crippen LogP contribution in [0.2, 0.25) is 0 Å². The molecule has 0 radical (unpaired) electrons. The monoisotopic (exact) mass is 391 g/mol. The van der Waals surface area contributed by atoms with Crippen LogP contribution in [0.25, 0.3) is 11.1 Å². The molecule has 1 aromatic carbocycles. The fourth-order valence-electron chi connectivity index (χ4n) is 5.21. The molecule has 0 bridgehead atoms. The number of hydrogen-bond acceptors (Lipinski definition) is 3. The highest BCUT2D eigenvalue weighted by Crippen LogP contribution is 2.55. The Bertz CT molecular complexity index is 914. The lowest BCUT2D eigenvalue weighted by atomic mass is 9.67. The number of fused-ring (bicyclic) bond motifs is 3. The van der Waals surface area contributed by atoms with E-state index in [1.807, 2.05) is 18.3 Å². The first kappa shape index (κ1) is 20.0. The Hall–Kier alpha value is -2.29. The van der Waals surface area contributed by atoms with E-state index in [-0.39, 0.29) is 11.5 Å². The summed E-state index contributed by atoms with van der Waals surface area (Å²) in [5.74, 6) is 1.82. The molecule has 2 aliphatic rings. The van der Waals surface area contributed by atoms with E-state index in [1.54, 1.807) is 6.20 Å². The van der Waals surface area contributed by atoms with Crippen LogP contribution < -0.4 is 4.74 Å². The molecular weight excluding hydrogens is 358 g/mol. The third-order valence-corrected chi connectivity index (χ3v) is 6.73. The van der Waals surface area contributed by atoms with Crippen molar-refractivity contribution < 1.29 is 9.84 Å². The van der Waals surface area contributed by atoms with Crippen LogP contribution in [0.1, 0.15) is 76.8 Å². The van der Waals surface area contributed by atoms with Gasteiger partial charge in [-0.2, -0.15) is 0 Å². The first-order chi connectivity index (χ1) is 13.9. The smallest absolute Gasteiger partial charge is 0.131 e. The maximum Gasteiger partial charge on any atom is 0.131 e. The highest BCUT2D eigenvalue weighted by Gasteiger charge is 2.45. The Morgan fingerprint density at radius 3 is 2.83 bits per heavy atom. The molecule has 2 heterocycles. The van der Waals surface area contributed by atoms with Crippen molar-refractivity contribution in [3.8, 4) is 22.6 Å². The van der Waals surface area contributed by atoms with Gasteiger partial charge < -0.3 is 9.84 Å². The third kappa shape index (κ3) is 3.68. The van der Waals surface area contributed by atoms with Crippen LogP contribution >= 0.6 is 0 Å². The third-order valence-electron chi connectivity index (χ3n) is 6.73. The molecule has 0 saturated heterocycles. The van der Waals surface area contributed by atoms with Crippen LogP contribution in [0.15, 0.2) is 42.2 Å². The molecule has 154 valence electrons. The summed E-state index contributed by atoms with van der Waals surface area (Å²) in [6, 6.07) is 6.19. The number of nitrogens with zero attached hydrogens (tertiary/aromatic N) is 1. The molecule has 0 fully saturated rings. The molecule has 4 rings (SSSR count). The number of aromatic nitrogens is 1. The number of rotatable bonds is 5. The summed E-state index contributed by atoms with van der Waals surface area (Å²) in [7, 11) is 0. The number of benzene rings is 1. The van der Waals surface area contributed by atoms with Crippen molar-refractivity contribution in [3.63, 3.8) is 0 Å². The Morgan fingerprint density at radius 1 is 1.28 bits per heavy atom. The van der Waals surface area contributed by atoms with E-state index in [1.165, 1.54) is 18.4 Å². The molecule has 0 amide bonds. The van der Waals surface area contributed by atoms with E-state index in [0.29, 0.717) is 11.7 Å². The zero-order chi connectivity index (χ0) is 20.6. The second-order valence-electron chi connectivity index (χ2n) is 9.26. The fourth-order valence-corrected chi connectivity index (χ4v) is 5.21. The summed E-state index contributed by atoms with van der Waals surface area (Å²) in [6.45, 7) is 8.82. The zero-order valence-corrected chi connectivity index (χ0v) is 18.2. The van der Waals surface area contributed by atoms with Crippen molar-refractivity contribution in [2.45, 2.75) is 77.7 Å². The standard InChI is InChI=1S/C26H33NO2/c1-5-6-7-9-18-15-22-24(25(28)23(18)19-10-8-13-27-16-19)20-14-17(2)11-12-21(20)26(3,4)29-22/h8,10,13-16,20-21,28H,5-7,9,11-12H2,1-4H3/t20?,21-/m1/s1. The molecule has 3 heteroatoms. The van der Waals surface area contributed by atoms with Crippen molar-refractivity contribution >= 4 is 0 Å². The maximum atomic E-state index is 11.6. The lowest BCUT2D eigenvalue weighted by Gasteiger charge is -2.46. The van der Waals surface area contributed by atoms with Crippen LogP contribution in [-0.4, -0.2) is 15.7 Å². The number of pyridine rings is 1. The predicted molar refractivity (Wildman–Crippen MR) is 118 cm³/mol. The van der Waals surface area contributed by atoms with E-state index in [2.05, 4.69) is 44.8 Å². The Labute approximate surface area is 174 Å². The van der Waals surface area contributed by atoms with E-state index < -0.39 is 0 Å². The lowest BCUT2D eigenvalue weighted by Crippen LogP contribution is -2.45. The predicted octanol–water partition coefficient (Wildman–Crippen LogP) is 6.80. The van der Waals surface area contributed by atoms with Crippen molar-refractivity contribution in [1.82, 2.24) is 4.98 Å². The second-order valence-corrected chi connectivity index (χ2v) is 9.26. The summed E-state index contributed by atoms with van der Waals surface area (Å²) in [5.41, 5.74) is 5.21. The quantitative estimate of drug-likeness (QED) is 0.450. The fraction of sp³-hybridized carbons (Fsp3) is 0.500. The van der Waals surface area contributed by atoms with Crippen molar-refractivity contribution in [1.29, 1.82) is 0 Å². The van der Waals surface area contributed by atoms with Gasteiger partial charge in [-0.25, -0.2) is 0 Å². The number of aryl methyl sites for hydroxylation is 1. The van der Waals surface area contributed by atoms with Gasteiger partial charge in [-0.3, -0.25) is 4.98 Å². The van der Waals surface area contributed by atoms with E-state index in [4.69, 9.17) is 4.74 Å². The first-order valence-corrected chi connectivity index (χ1v) is 11.1. The van der Waals surface area contributed by atoms with Crippen LogP contribution in [-0.2, 0) is 6.42 Å². The normalized spacial score (nSPS) is 22.3. The van der Waals surface area contributed by atoms with Gasteiger partial charge in [0, 0.05) is 40.9 Å². The topological polar surface area (TPSA) is 42.4 Å². The Morgan fingerprint density at radius 2 is 2.10 bits per heavy atom. The van der Waals surface area contributed by atoms with Crippen molar-refractivity contribution in [3.05, 3.63) is 53.4 Å². The number of ether oxygens (including phenoxy) is 1. The highest BCUT2D eigenvalue weighted by molar-refractivity contribution is 5.78. The molecule has 1 aromatic heterocycles. The van der Waals surface area contributed by atoms with Gasteiger partial charge in [0.25, 0.3) is 0 Å². The van der Waals surface area contributed by atoms with Crippen LogP contribution in [0, 0.1) is 5.92 Å². The average Bonchev–Trinajstić information content (AvgIpc) is 2.68. The average molecular weight is 392 g/mol. The Kier molecular flexibility index (Phi) is 5.42. The van der Waals surface area contributed by atoms with Gasteiger partial charge in [0.1, 0.15) is 17.1 Å². The van der Waals surface area contributed by atoms with Gasteiger partial charge in [-0.1, -0.05) is 37.5 Å². The van der Waals surface area contributed by atoms with Gasteiger partial charge in [-0.15, -0.1) is 0 Å². The van der Waals surface area contributed by atoms with Gasteiger partial charge in [0.15, 0.2) is 0 Å². The summed E-state index contributed by atoms with van der Waals surface area (Å²) in [5, 5.41) is 11.6. The number of allylic oxidation sites excluding steroid dienone is 2. The summed E-state index contributed by atoms with van der Waals surface area (Å²) < 4.78 is 6.54. The summed E-state index contributed by atoms with van der Waals surface area (Å²) in [4.78, 5) is 4.31. The van der Waals surface area contributed by atoms with Gasteiger partial charge in [-0.05, 0) is 64.2 Å². The molecule has 29 heavy (non-hydrogen) atoms. The largest absolute Gasteiger partial charge is 0.507 e. The lowest BCUT2D eigenvalue weighted by molar-refractivity contribution is 0.0108. The highest BCUT2D eigenvalue weighted by atomic mass is 16.5. The van der Waals surface area contributed by atoms with Crippen LogP contribution in [0.3, 0.4) is 0 Å². The molecule has 1 unspecified atom stereocenters. The summed E-state index contributed by atoms with van der Waals surface area (Å²) >= 11 is 0. The number of hydrogen-bond donors (Lipinski definition) is 1. The van der Waals surface area contributed by atoms with E-state index in [9.17, 15) is 5.11 Å². The maximum absolute atomic E-state index is 11.6. The van der Waals surface area contributed by atoms with E-state index >= 15 is 0 Å². The summed E-state index contributed by atoms with van der Waals surface area (Å²) in [6.07, 6.45) is 12.6. The minimum absolute atomic E-state index is 0.197. The molecule has 3 nitrogen and oxygen atoms in total. The zero-order valence-electron chi connectivity index (χ0n) is 18.2. The molecular formula is C26H33NO2. The number of aromatic hydroxyl groups is 1. The Balaban J connectivity index is 1.91. The molecule has 1 aliphatic heterocycles. The van der Waals surface area contributed by atoms with E-state index in [0.717, 1.165) is 53.7 Å². The van der Waals surface area contributed by atoms with Gasteiger partial charge in [0.05, 0.1) is 0 Å². The molecule has 2 aromatic rings.